The van der Waals surface area contributed by atoms with Gasteiger partial charge < -0.3 is 9.80 Å². The third-order valence-corrected chi connectivity index (χ3v) is 2.60. The Kier molecular flexibility index (Phi) is 5.39. The second-order valence-corrected chi connectivity index (χ2v) is 4.76. The van der Waals surface area contributed by atoms with Gasteiger partial charge in [0.05, 0.1) is 4.92 Å². The van der Waals surface area contributed by atoms with Gasteiger partial charge in [0.25, 0.3) is 5.69 Å². The molecular formula is C12H19N5O3. The van der Waals surface area contributed by atoms with Gasteiger partial charge in [0, 0.05) is 33.3 Å². The van der Waals surface area contributed by atoms with Crippen LogP contribution >= 0.6 is 0 Å². The van der Waals surface area contributed by atoms with Crippen molar-refractivity contribution in [2.24, 2.45) is 0 Å². The summed E-state index contributed by atoms with van der Waals surface area (Å²) in [5, 5.41) is 10.6. The first-order valence-corrected chi connectivity index (χ1v) is 6.07. The number of nitro groups is 1. The highest BCUT2D eigenvalue weighted by Gasteiger charge is 2.19. The second-order valence-electron chi connectivity index (χ2n) is 4.76. The Morgan fingerprint density at radius 1 is 1.25 bits per heavy atom. The molecule has 0 radical (unpaired) electrons. The smallest absolute Gasteiger partial charge is 0.325 e. The van der Waals surface area contributed by atoms with Gasteiger partial charge in [0.2, 0.25) is 0 Å². The molecule has 0 aromatic carbocycles. The molecular weight excluding hydrogens is 262 g/mol. The molecule has 0 aliphatic carbocycles. The number of carbonyl (C=O) groups excluding carboxylic acids is 1. The molecule has 8 heteroatoms. The molecule has 0 atom stereocenters. The Bertz CT molecular complexity index is 472. The first-order valence-electron chi connectivity index (χ1n) is 6.07. The van der Waals surface area contributed by atoms with E-state index in [4.69, 9.17) is 0 Å². The van der Waals surface area contributed by atoms with Crippen LogP contribution in [0, 0.1) is 10.1 Å². The largest absolute Gasteiger partial charge is 0.330 e. The van der Waals surface area contributed by atoms with Crippen molar-refractivity contribution in [1.29, 1.82) is 0 Å². The predicted octanol–water partition coefficient (Wildman–Crippen LogP) is 1.04. The minimum Gasteiger partial charge on any atom is -0.330 e. The van der Waals surface area contributed by atoms with Crippen LogP contribution in [0.2, 0.25) is 0 Å². The zero-order chi connectivity index (χ0) is 15.3. The molecule has 0 N–H and O–H groups in total. The first-order chi connectivity index (χ1) is 9.32. The normalized spacial score (nSPS) is 10.4. The van der Waals surface area contributed by atoms with Crippen LogP contribution in [0.1, 0.15) is 0 Å². The molecule has 1 aromatic heterocycles. The summed E-state index contributed by atoms with van der Waals surface area (Å²) in [7, 11) is 7.11. The van der Waals surface area contributed by atoms with Crippen molar-refractivity contribution in [3.8, 4) is 0 Å². The quantitative estimate of drug-likeness (QED) is 0.595. The van der Waals surface area contributed by atoms with Gasteiger partial charge in [-0.05, 0) is 20.2 Å². The Morgan fingerprint density at radius 2 is 1.90 bits per heavy atom. The van der Waals surface area contributed by atoms with E-state index >= 15 is 0 Å². The van der Waals surface area contributed by atoms with Crippen molar-refractivity contribution >= 4 is 17.5 Å². The average Bonchev–Trinajstić information content (AvgIpc) is 2.38. The van der Waals surface area contributed by atoms with E-state index in [1.165, 1.54) is 21.9 Å². The molecule has 0 aliphatic rings. The zero-order valence-electron chi connectivity index (χ0n) is 12.1. The maximum atomic E-state index is 12.1. The summed E-state index contributed by atoms with van der Waals surface area (Å²) in [5.41, 5.74) is -0.0985. The summed E-state index contributed by atoms with van der Waals surface area (Å²) in [6, 6.07) is 2.61. The van der Waals surface area contributed by atoms with Gasteiger partial charge in [0.15, 0.2) is 0 Å². The summed E-state index contributed by atoms with van der Waals surface area (Å²) in [5.74, 6) is 0.399. The molecule has 1 rings (SSSR count). The summed E-state index contributed by atoms with van der Waals surface area (Å²) in [6.45, 7) is 1.12. The minimum atomic E-state index is -0.519. The van der Waals surface area contributed by atoms with Crippen LogP contribution in [0.15, 0.2) is 18.3 Å². The van der Waals surface area contributed by atoms with Gasteiger partial charge in [-0.15, -0.1) is 0 Å². The molecule has 8 nitrogen and oxygen atoms in total. The van der Waals surface area contributed by atoms with Crippen molar-refractivity contribution < 1.29 is 9.72 Å². The molecule has 0 aliphatic heterocycles. The predicted molar refractivity (Wildman–Crippen MR) is 75.9 cm³/mol. The van der Waals surface area contributed by atoms with Gasteiger partial charge in [-0.2, -0.15) is 0 Å². The van der Waals surface area contributed by atoms with E-state index < -0.39 is 4.92 Å². The topological polar surface area (TPSA) is 82.8 Å². The highest BCUT2D eigenvalue weighted by Crippen LogP contribution is 2.16. The van der Waals surface area contributed by atoms with Gasteiger partial charge >= 0.3 is 6.03 Å². The molecule has 2 amide bonds. The van der Waals surface area contributed by atoms with E-state index in [2.05, 4.69) is 4.98 Å². The van der Waals surface area contributed by atoms with Crippen LogP contribution in [-0.4, -0.2) is 67.0 Å². The number of carbonyl (C=O) groups is 1. The van der Waals surface area contributed by atoms with Crippen molar-refractivity contribution in [2.45, 2.75) is 0 Å². The SMILES string of the molecule is CN(C)CCN(C(=O)N(C)C)c1ccc([N+](=O)[O-])cn1. The molecule has 0 fully saturated rings. The highest BCUT2D eigenvalue weighted by molar-refractivity contribution is 5.90. The molecule has 0 spiro atoms. The van der Waals surface area contributed by atoms with Crippen LogP contribution in [0.25, 0.3) is 0 Å². The van der Waals surface area contributed by atoms with E-state index in [0.29, 0.717) is 18.9 Å². The number of pyridine rings is 1. The van der Waals surface area contributed by atoms with Crippen molar-refractivity contribution in [1.82, 2.24) is 14.8 Å². The lowest BCUT2D eigenvalue weighted by molar-refractivity contribution is -0.385. The molecule has 0 bridgehead atoms. The van der Waals surface area contributed by atoms with Crippen LogP contribution in [-0.2, 0) is 0 Å². The van der Waals surface area contributed by atoms with Crippen molar-refractivity contribution in [2.75, 3.05) is 46.2 Å². The fraction of sp³-hybridized carbons (Fsp3) is 0.500. The maximum absolute atomic E-state index is 12.1. The van der Waals surface area contributed by atoms with E-state index in [0.717, 1.165) is 6.20 Å². The van der Waals surface area contributed by atoms with E-state index in [9.17, 15) is 14.9 Å². The fourth-order valence-electron chi connectivity index (χ4n) is 1.50. The van der Waals surface area contributed by atoms with E-state index in [1.807, 2.05) is 19.0 Å². The maximum Gasteiger partial charge on any atom is 0.325 e. The summed E-state index contributed by atoms with van der Waals surface area (Å²) in [4.78, 5) is 31.1. The lowest BCUT2D eigenvalue weighted by atomic mass is 10.3. The molecule has 0 saturated carbocycles. The van der Waals surface area contributed by atoms with Crippen LogP contribution in [0.3, 0.4) is 0 Å². The number of amides is 2. The summed E-state index contributed by atoms with van der Waals surface area (Å²) < 4.78 is 0. The molecule has 0 saturated heterocycles. The Balaban J connectivity index is 2.97. The number of nitrogens with zero attached hydrogens (tertiary/aromatic N) is 5. The third-order valence-electron chi connectivity index (χ3n) is 2.60. The minimum absolute atomic E-state index is 0.0985. The lowest BCUT2D eigenvalue weighted by Crippen LogP contribution is -2.43. The number of anilines is 1. The van der Waals surface area contributed by atoms with E-state index in [-0.39, 0.29) is 11.7 Å². The molecule has 1 heterocycles. The summed E-state index contributed by atoms with van der Waals surface area (Å²) in [6.07, 6.45) is 1.15. The Labute approximate surface area is 117 Å². The monoisotopic (exact) mass is 281 g/mol. The van der Waals surface area contributed by atoms with Gasteiger partial charge in [0.1, 0.15) is 12.0 Å². The summed E-state index contributed by atoms with van der Waals surface area (Å²) >= 11 is 0. The van der Waals surface area contributed by atoms with Crippen molar-refractivity contribution in [3.05, 3.63) is 28.4 Å². The molecule has 1 aromatic rings. The number of hydrogen-bond acceptors (Lipinski definition) is 5. The van der Waals surface area contributed by atoms with Crippen LogP contribution in [0.5, 0.6) is 0 Å². The van der Waals surface area contributed by atoms with Crippen LogP contribution in [0.4, 0.5) is 16.3 Å². The van der Waals surface area contributed by atoms with Gasteiger partial charge in [-0.25, -0.2) is 9.78 Å². The number of hydrogen-bond donors (Lipinski definition) is 0. The standard InChI is InChI=1S/C12H19N5O3/c1-14(2)7-8-16(12(18)15(3)4)11-6-5-10(9-13-11)17(19)20/h5-6,9H,7-8H2,1-4H3. The number of urea groups is 1. The molecule has 0 unspecified atom stereocenters. The Morgan fingerprint density at radius 3 is 2.30 bits per heavy atom. The lowest BCUT2D eigenvalue weighted by Gasteiger charge is -2.26. The zero-order valence-corrected chi connectivity index (χ0v) is 12.1. The van der Waals surface area contributed by atoms with Gasteiger partial charge in [-0.1, -0.05) is 0 Å². The fourth-order valence-corrected chi connectivity index (χ4v) is 1.50. The number of rotatable bonds is 5. The van der Waals surface area contributed by atoms with Gasteiger partial charge in [-0.3, -0.25) is 15.0 Å². The molecule has 20 heavy (non-hydrogen) atoms. The number of likely N-dealkylation sites (N-methyl/N-ethyl adjacent to an activating group) is 1. The molecule has 110 valence electrons. The highest BCUT2D eigenvalue weighted by atomic mass is 16.6. The third kappa shape index (κ3) is 4.16. The van der Waals surface area contributed by atoms with Crippen molar-refractivity contribution in [3.63, 3.8) is 0 Å². The van der Waals surface area contributed by atoms with Crippen LogP contribution < -0.4 is 4.90 Å². The Hall–Kier alpha value is -2.22. The average molecular weight is 281 g/mol. The first kappa shape index (κ1) is 15.8. The van der Waals surface area contributed by atoms with E-state index in [1.54, 1.807) is 14.1 Å². The second kappa shape index (κ2) is 6.80. The number of aromatic nitrogens is 1.